The molecule has 1 aromatic heterocycles. The van der Waals surface area contributed by atoms with Gasteiger partial charge in [0.05, 0.1) is 0 Å². The van der Waals surface area contributed by atoms with Crippen molar-refractivity contribution in [3.63, 3.8) is 0 Å². The number of aromatic nitrogens is 1. The van der Waals surface area contributed by atoms with Crippen molar-refractivity contribution in [1.82, 2.24) is 4.98 Å². The van der Waals surface area contributed by atoms with Crippen LogP contribution < -0.4 is 10.6 Å². The fourth-order valence-corrected chi connectivity index (χ4v) is 1.84. The normalized spacial score (nSPS) is 10.7. The van der Waals surface area contributed by atoms with Crippen LogP contribution in [0.25, 0.3) is 11.1 Å². The summed E-state index contributed by atoms with van der Waals surface area (Å²) in [6, 6.07) is 15.9. The second-order valence-corrected chi connectivity index (χ2v) is 4.12. The lowest BCUT2D eigenvalue weighted by molar-refractivity contribution is 0.603. The minimum atomic E-state index is 0.557. The first kappa shape index (κ1) is 10.7. The zero-order valence-electron chi connectivity index (χ0n) is 10.00. The lowest BCUT2D eigenvalue weighted by Crippen LogP contribution is -2.09. The summed E-state index contributed by atoms with van der Waals surface area (Å²) in [5.41, 5.74) is 8.94. The molecule has 4 heteroatoms. The fraction of sp³-hybridized carbons (Fsp3) is 0.0714. The number of nitrogens with two attached hydrogens (primary N) is 1. The number of nitrogens with zero attached hydrogens (tertiary/aromatic N) is 2. The summed E-state index contributed by atoms with van der Waals surface area (Å²) in [6.45, 7) is 0. The first-order valence-corrected chi connectivity index (χ1v) is 5.69. The highest BCUT2D eigenvalue weighted by Crippen LogP contribution is 2.27. The Kier molecular flexibility index (Phi) is 2.41. The minimum Gasteiger partial charge on any atom is -0.423 e. The van der Waals surface area contributed by atoms with E-state index in [1.165, 1.54) is 0 Å². The predicted molar refractivity (Wildman–Crippen MR) is 72.9 cm³/mol. The van der Waals surface area contributed by atoms with Crippen LogP contribution in [0, 0.1) is 0 Å². The number of para-hydroxylation sites is 1. The molecule has 0 radical (unpaired) electrons. The van der Waals surface area contributed by atoms with Crippen LogP contribution in [0.2, 0.25) is 0 Å². The predicted octanol–water partition coefficient (Wildman–Crippen LogP) is 3.18. The summed E-state index contributed by atoms with van der Waals surface area (Å²) in [6.07, 6.45) is 0. The number of hydrogen-bond acceptors (Lipinski definition) is 4. The maximum atomic E-state index is 5.73. The van der Waals surface area contributed by atoms with Gasteiger partial charge in [-0.3, -0.25) is 4.90 Å². The second-order valence-electron chi connectivity index (χ2n) is 4.12. The zero-order valence-corrected chi connectivity index (χ0v) is 10.00. The Labute approximate surface area is 105 Å². The molecule has 0 saturated heterocycles. The van der Waals surface area contributed by atoms with E-state index in [-0.39, 0.29) is 0 Å². The van der Waals surface area contributed by atoms with Gasteiger partial charge in [0.15, 0.2) is 5.58 Å². The molecule has 0 amide bonds. The van der Waals surface area contributed by atoms with Gasteiger partial charge in [-0.15, -0.1) is 0 Å². The van der Waals surface area contributed by atoms with Crippen molar-refractivity contribution in [3.8, 4) is 0 Å². The molecule has 3 aromatic rings. The molecule has 2 aromatic carbocycles. The minimum absolute atomic E-state index is 0.557. The Bertz CT molecular complexity index is 676. The van der Waals surface area contributed by atoms with Crippen molar-refractivity contribution in [2.75, 3.05) is 17.7 Å². The monoisotopic (exact) mass is 239 g/mol. The number of benzene rings is 2. The maximum absolute atomic E-state index is 5.73. The number of nitrogen functional groups attached to an aromatic ring is 1. The van der Waals surface area contributed by atoms with Crippen LogP contribution in [0.15, 0.2) is 52.9 Å². The second kappa shape index (κ2) is 4.07. The Hall–Kier alpha value is -2.49. The standard InChI is InChI=1S/C14H13N3O/c1-17(11-5-3-2-4-6-11)14-16-12-9-10(15)7-8-13(12)18-14/h2-9H,15H2,1H3. The first-order chi connectivity index (χ1) is 8.74. The highest BCUT2D eigenvalue weighted by Gasteiger charge is 2.11. The van der Waals surface area contributed by atoms with E-state index in [0.29, 0.717) is 11.7 Å². The molecule has 0 bridgehead atoms. The van der Waals surface area contributed by atoms with Crippen molar-refractivity contribution in [2.24, 2.45) is 0 Å². The van der Waals surface area contributed by atoms with Crippen molar-refractivity contribution < 1.29 is 4.42 Å². The number of anilines is 3. The molecule has 3 rings (SSSR count). The maximum Gasteiger partial charge on any atom is 0.302 e. The van der Waals surface area contributed by atoms with Crippen LogP contribution in [0.5, 0.6) is 0 Å². The molecule has 0 aliphatic rings. The Morgan fingerprint density at radius 3 is 2.67 bits per heavy atom. The molecule has 1 heterocycles. The van der Waals surface area contributed by atoms with Crippen LogP contribution in [0.4, 0.5) is 17.4 Å². The molecule has 0 fully saturated rings. The number of oxazole rings is 1. The zero-order chi connectivity index (χ0) is 12.5. The molecule has 2 N–H and O–H groups in total. The average Bonchev–Trinajstić information content (AvgIpc) is 2.81. The summed E-state index contributed by atoms with van der Waals surface area (Å²) < 4.78 is 5.70. The molecular formula is C14H13N3O. The fourth-order valence-electron chi connectivity index (χ4n) is 1.84. The third kappa shape index (κ3) is 1.78. The van der Waals surface area contributed by atoms with Crippen LogP contribution in [0.3, 0.4) is 0 Å². The van der Waals surface area contributed by atoms with E-state index >= 15 is 0 Å². The quantitative estimate of drug-likeness (QED) is 0.698. The Morgan fingerprint density at radius 1 is 1.11 bits per heavy atom. The van der Waals surface area contributed by atoms with Crippen molar-refractivity contribution in [3.05, 3.63) is 48.5 Å². The number of rotatable bonds is 2. The molecule has 4 nitrogen and oxygen atoms in total. The summed E-state index contributed by atoms with van der Waals surface area (Å²) in [4.78, 5) is 6.33. The highest BCUT2D eigenvalue weighted by atomic mass is 16.4. The van der Waals surface area contributed by atoms with Crippen LogP contribution in [-0.2, 0) is 0 Å². The Balaban J connectivity index is 2.04. The SMILES string of the molecule is CN(c1ccccc1)c1nc2cc(N)ccc2o1. The molecule has 90 valence electrons. The molecular weight excluding hydrogens is 226 g/mol. The van der Waals surface area contributed by atoms with Gasteiger partial charge in [0.25, 0.3) is 0 Å². The highest BCUT2D eigenvalue weighted by molar-refractivity contribution is 5.79. The van der Waals surface area contributed by atoms with Crippen LogP contribution in [0.1, 0.15) is 0 Å². The van der Waals surface area contributed by atoms with Crippen molar-refractivity contribution in [2.45, 2.75) is 0 Å². The van der Waals surface area contributed by atoms with E-state index in [0.717, 1.165) is 16.8 Å². The van der Waals surface area contributed by atoms with E-state index in [4.69, 9.17) is 10.2 Å². The van der Waals surface area contributed by atoms with Crippen molar-refractivity contribution in [1.29, 1.82) is 0 Å². The third-order valence-electron chi connectivity index (χ3n) is 2.83. The van der Waals surface area contributed by atoms with Gasteiger partial charge in [0, 0.05) is 18.4 Å². The lowest BCUT2D eigenvalue weighted by Gasteiger charge is -2.13. The smallest absolute Gasteiger partial charge is 0.302 e. The van der Waals surface area contributed by atoms with Gasteiger partial charge in [-0.05, 0) is 30.3 Å². The van der Waals surface area contributed by atoms with Gasteiger partial charge in [0.1, 0.15) is 5.52 Å². The van der Waals surface area contributed by atoms with E-state index in [1.807, 2.05) is 48.3 Å². The van der Waals surface area contributed by atoms with Crippen LogP contribution >= 0.6 is 0 Å². The lowest BCUT2D eigenvalue weighted by atomic mass is 10.3. The summed E-state index contributed by atoms with van der Waals surface area (Å²) in [5, 5.41) is 0. The summed E-state index contributed by atoms with van der Waals surface area (Å²) >= 11 is 0. The summed E-state index contributed by atoms with van der Waals surface area (Å²) in [5.74, 6) is 0. The van der Waals surface area contributed by atoms with E-state index < -0.39 is 0 Å². The largest absolute Gasteiger partial charge is 0.423 e. The number of hydrogen-bond donors (Lipinski definition) is 1. The van der Waals surface area contributed by atoms with Gasteiger partial charge in [0.2, 0.25) is 0 Å². The topological polar surface area (TPSA) is 55.3 Å². The Morgan fingerprint density at radius 2 is 1.89 bits per heavy atom. The van der Waals surface area contributed by atoms with Gasteiger partial charge >= 0.3 is 6.01 Å². The van der Waals surface area contributed by atoms with Crippen molar-refractivity contribution >= 4 is 28.5 Å². The molecule has 0 spiro atoms. The van der Waals surface area contributed by atoms with Crippen LogP contribution in [-0.4, -0.2) is 12.0 Å². The van der Waals surface area contributed by atoms with E-state index in [1.54, 1.807) is 12.1 Å². The summed E-state index contributed by atoms with van der Waals surface area (Å²) in [7, 11) is 1.92. The van der Waals surface area contributed by atoms with E-state index in [2.05, 4.69) is 4.98 Å². The van der Waals surface area contributed by atoms with E-state index in [9.17, 15) is 0 Å². The molecule has 18 heavy (non-hydrogen) atoms. The first-order valence-electron chi connectivity index (χ1n) is 5.69. The van der Waals surface area contributed by atoms with Gasteiger partial charge in [-0.25, -0.2) is 0 Å². The average molecular weight is 239 g/mol. The molecule has 0 aliphatic heterocycles. The van der Waals surface area contributed by atoms with Gasteiger partial charge in [-0.2, -0.15) is 4.98 Å². The molecule has 0 atom stereocenters. The third-order valence-corrected chi connectivity index (χ3v) is 2.83. The molecule has 0 aliphatic carbocycles. The molecule has 0 saturated carbocycles. The van der Waals surface area contributed by atoms with Gasteiger partial charge < -0.3 is 10.2 Å². The van der Waals surface area contributed by atoms with Gasteiger partial charge in [-0.1, -0.05) is 18.2 Å². The molecule has 0 unspecified atom stereocenters. The number of fused-ring (bicyclic) bond motifs is 1.